The fraction of sp³-hybridized carbons (Fsp3) is 0.737. The molecule has 0 spiro atoms. The number of rotatable bonds is 1. The molecule has 4 aliphatic carbocycles. The van der Waals surface area contributed by atoms with Crippen molar-refractivity contribution in [2.24, 2.45) is 41.4 Å². The zero-order valence-electron chi connectivity index (χ0n) is 13.4. The smallest absolute Gasteiger partial charge is 0.212 e. The van der Waals surface area contributed by atoms with Gasteiger partial charge < -0.3 is 0 Å². The second-order valence-electron chi connectivity index (χ2n) is 8.38. The molecular formula is C19H26N2OS. The normalized spacial score (nSPS) is 50.6. The molecule has 4 heteroatoms. The van der Waals surface area contributed by atoms with Crippen molar-refractivity contribution in [3.63, 3.8) is 0 Å². The zero-order valence-corrected chi connectivity index (χ0v) is 14.3. The third-order valence-corrected chi connectivity index (χ3v) is 7.84. The van der Waals surface area contributed by atoms with Crippen molar-refractivity contribution in [2.45, 2.75) is 38.1 Å². The van der Waals surface area contributed by atoms with Gasteiger partial charge in [0.25, 0.3) is 0 Å². The summed E-state index contributed by atoms with van der Waals surface area (Å²) in [6.07, 6.45) is 13.6. The number of hydrazine groups is 1. The van der Waals surface area contributed by atoms with Gasteiger partial charge in [-0.3, -0.25) is 15.6 Å². The van der Waals surface area contributed by atoms with Crippen molar-refractivity contribution in [1.29, 1.82) is 0 Å². The standard InChI is InChI=1S/C19H26N2OS/c22-19(23)16-6-5-13-12-2-1-10-8-18-11(9-20-21-18)7-17(10)15(12)4-3-14(13)16/h3-4,6,10-15,17-18,20-21H,1-2,5,7-9H2,(H,22,23). The van der Waals surface area contributed by atoms with Crippen LogP contribution in [0.25, 0.3) is 0 Å². The summed E-state index contributed by atoms with van der Waals surface area (Å²) in [4.78, 5) is 11.8. The van der Waals surface area contributed by atoms with E-state index in [1.54, 1.807) is 0 Å². The first-order valence-corrected chi connectivity index (χ1v) is 9.77. The summed E-state index contributed by atoms with van der Waals surface area (Å²) in [5, 5.41) is -0.0158. The van der Waals surface area contributed by atoms with Crippen LogP contribution < -0.4 is 10.9 Å². The predicted molar refractivity (Wildman–Crippen MR) is 93.7 cm³/mol. The Labute approximate surface area is 143 Å². The van der Waals surface area contributed by atoms with Crippen LogP contribution in [0.3, 0.4) is 0 Å². The molecular weight excluding hydrogens is 304 g/mol. The molecule has 23 heavy (non-hydrogen) atoms. The molecule has 0 aromatic rings. The van der Waals surface area contributed by atoms with Crippen molar-refractivity contribution < 1.29 is 4.79 Å². The fourth-order valence-corrected chi connectivity index (χ4v) is 6.81. The number of hydrogen-bond donors (Lipinski definition) is 3. The molecule has 0 aromatic carbocycles. The highest BCUT2D eigenvalue weighted by molar-refractivity contribution is 7.97. The Bertz CT molecular complexity index is 586. The number of carbonyl (C=O) groups is 1. The van der Waals surface area contributed by atoms with Gasteiger partial charge in [-0.15, -0.1) is 12.6 Å². The molecule has 1 aliphatic heterocycles. The molecule has 1 heterocycles. The summed E-state index contributed by atoms with van der Waals surface area (Å²) in [7, 11) is 0. The minimum absolute atomic E-state index is 0.0158. The lowest BCUT2D eigenvalue weighted by molar-refractivity contribution is -0.108. The summed E-state index contributed by atoms with van der Waals surface area (Å²) >= 11 is 4.09. The predicted octanol–water partition coefficient (Wildman–Crippen LogP) is 2.72. The monoisotopic (exact) mass is 330 g/mol. The second kappa shape index (κ2) is 5.47. The summed E-state index contributed by atoms with van der Waals surface area (Å²) in [5.41, 5.74) is 7.84. The van der Waals surface area contributed by atoms with Gasteiger partial charge in [0, 0.05) is 24.1 Å². The SMILES string of the molecule is O=C(S)C1=CCC2C1C=CC1C3CC4CNNC4CC3CCC12. The van der Waals surface area contributed by atoms with Crippen LogP contribution in [0.5, 0.6) is 0 Å². The number of hydrogen-bond acceptors (Lipinski definition) is 3. The average Bonchev–Trinajstić information content (AvgIpc) is 3.18. The maximum absolute atomic E-state index is 11.8. The van der Waals surface area contributed by atoms with Crippen LogP contribution in [-0.2, 0) is 4.79 Å². The van der Waals surface area contributed by atoms with Gasteiger partial charge in [0.2, 0.25) is 5.12 Å². The first-order valence-electron chi connectivity index (χ1n) is 9.32. The third-order valence-electron chi connectivity index (χ3n) is 7.59. The van der Waals surface area contributed by atoms with Gasteiger partial charge in [0.15, 0.2) is 0 Å². The Balaban J connectivity index is 1.41. The van der Waals surface area contributed by atoms with Crippen LogP contribution in [0.15, 0.2) is 23.8 Å². The van der Waals surface area contributed by atoms with Crippen LogP contribution in [0, 0.1) is 41.4 Å². The Morgan fingerprint density at radius 3 is 2.87 bits per heavy atom. The molecule has 0 bridgehead atoms. The first-order chi connectivity index (χ1) is 11.2. The van der Waals surface area contributed by atoms with Gasteiger partial charge in [-0.1, -0.05) is 18.2 Å². The van der Waals surface area contributed by atoms with E-state index in [4.69, 9.17) is 0 Å². The lowest BCUT2D eigenvalue weighted by Crippen LogP contribution is -2.47. The molecule has 8 atom stereocenters. The van der Waals surface area contributed by atoms with Crippen LogP contribution in [-0.4, -0.2) is 17.7 Å². The number of carbonyl (C=O) groups excluding carboxylic acids is 1. The Morgan fingerprint density at radius 1 is 1.09 bits per heavy atom. The van der Waals surface area contributed by atoms with E-state index in [0.29, 0.717) is 17.9 Å². The number of fused-ring (bicyclic) bond motifs is 6. The van der Waals surface area contributed by atoms with Gasteiger partial charge in [-0.2, -0.15) is 0 Å². The molecule has 124 valence electrons. The first kappa shape index (κ1) is 14.7. The lowest BCUT2D eigenvalue weighted by Gasteiger charge is -2.51. The number of nitrogens with one attached hydrogen (secondary N) is 2. The fourth-order valence-electron chi connectivity index (χ4n) is 6.57. The number of allylic oxidation sites excluding steroid dienone is 3. The van der Waals surface area contributed by atoms with E-state index in [9.17, 15) is 4.79 Å². The molecule has 3 fully saturated rings. The van der Waals surface area contributed by atoms with Crippen molar-refractivity contribution >= 4 is 17.7 Å². The largest absolute Gasteiger partial charge is 0.282 e. The summed E-state index contributed by atoms with van der Waals surface area (Å²) in [5.74, 6) is 5.12. The van der Waals surface area contributed by atoms with Gasteiger partial charge >= 0.3 is 0 Å². The van der Waals surface area contributed by atoms with E-state index in [2.05, 4.69) is 41.7 Å². The van der Waals surface area contributed by atoms with Gasteiger partial charge in [-0.05, 0) is 67.6 Å². The van der Waals surface area contributed by atoms with Crippen molar-refractivity contribution in [2.75, 3.05) is 6.54 Å². The summed E-state index contributed by atoms with van der Waals surface area (Å²) in [6.45, 7) is 1.14. The van der Waals surface area contributed by atoms with E-state index < -0.39 is 0 Å². The van der Waals surface area contributed by atoms with E-state index >= 15 is 0 Å². The van der Waals surface area contributed by atoms with Crippen molar-refractivity contribution in [3.05, 3.63) is 23.8 Å². The molecule has 2 N–H and O–H groups in total. The van der Waals surface area contributed by atoms with Crippen molar-refractivity contribution in [3.8, 4) is 0 Å². The average molecular weight is 330 g/mol. The van der Waals surface area contributed by atoms with Gasteiger partial charge in [-0.25, -0.2) is 0 Å². The molecule has 8 unspecified atom stereocenters. The minimum Gasteiger partial charge on any atom is -0.282 e. The van der Waals surface area contributed by atoms with Crippen LogP contribution in [0.1, 0.15) is 32.1 Å². The highest BCUT2D eigenvalue weighted by atomic mass is 32.1. The van der Waals surface area contributed by atoms with E-state index in [0.717, 1.165) is 48.1 Å². The van der Waals surface area contributed by atoms with Crippen LogP contribution in [0.2, 0.25) is 0 Å². The molecule has 3 nitrogen and oxygen atoms in total. The Kier molecular flexibility index (Phi) is 3.50. The molecule has 1 saturated heterocycles. The third kappa shape index (κ3) is 2.21. The van der Waals surface area contributed by atoms with Gasteiger partial charge in [0.1, 0.15) is 0 Å². The quantitative estimate of drug-likeness (QED) is 0.511. The van der Waals surface area contributed by atoms with Crippen molar-refractivity contribution in [1.82, 2.24) is 10.9 Å². The Morgan fingerprint density at radius 2 is 2.00 bits per heavy atom. The molecule has 5 rings (SSSR count). The van der Waals surface area contributed by atoms with Gasteiger partial charge in [0.05, 0.1) is 0 Å². The highest BCUT2D eigenvalue weighted by Crippen LogP contribution is 2.56. The maximum atomic E-state index is 11.8. The summed E-state index contributed by atoms with van der Waals surface area (Å²) in [6, 6.07) is 0.703. The summed E-state index contributed by atoms with van der Waals surface area (Å²) < 4.78 is 0. The minimum atomic E-state index is -0.0158. The second-order valence-corrected chi connectivity index (χ2v) is 8.79. The molecule has 5 aliphatic rings. The molecule has 2 saturated carbocycles. The number of thiol groups is 1. The van der Waals surface area contributed by atoms with E-state index in [-0.39, 0.29) is 5.12 Å². The Hall–Kier alpha value is -0.580. The van der Waals surface area contributed by atoms with E-state index in [1.807, 2.05) is 0 Å². The molecule has 0 aromatic heterocycles. The zero-order chi connectivity index (χ0) is 15.6. The lowest BCUT2D eigenvalue weighted by atomic mass is 9.54. The highest BCUT2D eigenvalue weighted by Gasteiger charge is 2.50. The van der Waals surface area contributed by atoms with Crippen LogP contribution >= 0.6 is 12.6 Å². The van der Waals surface area contributed by atoms with Crippen LogP contribution in [0.4, 0.5) is 0 Å². The van der Waals surface area contributed by atoms with E-state index in [1.165, 1.54) is 25.7 Å². The maximum Gasteiger partial charge on any atom is 0.212 e. The molecule has 0 amide bonds. The topological polar surface area (TPSA) is 41.1 Å². The molecule has 0 radical (unpaired) electrons.